The van der Waals surface area contributed by atoms with Crippen molar-refractivity contribution in [3.63, 3.8) is 0 Å². The fraction of sp³-hybridized carbons (Fsp3) is 0.500. The van der Waals surface area contributed by atoms with Crippen molar-refractivity contribution in [2.45, 2.75) is 43.4 Å². The summed E-state index contributed by atoms with van der Waals surface area (Å²) in [5.74, 6) is 0.398. The number of alkyl halides is 3. The van der Waals surface area contributed by atoms with Crippen LogP contribution in [0.2, 0.25) is 0 Å². The summed E-state index contributed by atoms with van der Waals surface area (Å²) in [7, 11) is 4.13. The zero-order valence-electron chi connectivity index (χ0n) is 17.5. The molecule has 0 radical (unpaired) electrons. The quantitative estimate of drug-likeness (QED) is 0.627. The number of nitrogens with zero attached hydrogens (tertiary/aromatic N) is 1. The highest BCUT2D eigenvalue weighted by molar-refractivity contribution is 5.59. The number of hydrogen-bond donors (Lipinski definition) is 2. The van der Waals surface area contributed by atoms with Crippen LogP contribution < -0.4 is 10.6 Å². The summed E-state index contributed by atoms with van der Waals surface area (Å²) < 4.78 is 40.1. The Labute approximate surface area is 176 Å². The standard InChI is InChI=1S/C24H30F3N3/c1-30(2)12-6-11-28-18-14-19-20-13-17(24(25,26)27)9-10-22(20)29-23(21(19)15-18)16-7-4-3-5-8-16/h3-5,7-10,13,18-19,21,23,28-29H,6,11-12,14-15H2,1-2H3/t18-,19-,21-,23-/m1/s1. The normalized spacial score (nSPS) is 25.7. The second-order valence-corrected chi connectivity index (χ2v) is 8.88. The first-order chi connectivity index (χ1) is 14.3. The first kappa shape index (κ1) is 21.2. The second-order valence-electron chi connectivity index (χ2n) is 8.88. The third kappa shape index (κ3) is 4.49. The molecule has 4 rings (SSSR count). The van der Waals surface area contributed by atoms with Gasteiger partial charge in [0.1, 0.15) is 0 Å². The SMILES string of the molecule is CN(C)CCCN[C@H]1C[C@@H]2[C@H](C1)c1cc(C(F)(F)F)ccc1N[C@@H]2c1ccccc1. The Morgan fingerprint density at radius 1 is 1.07 bits per heavy atom. The molecule has 2 aromatic rings. The van der Waals surface area contributed by atoms with Crippen molar-refractivity contribution in [2.24, 2.45) is 5.92 Å². The van der Waals surface area contributed by atoms with Crippen LogP contribution in [0.15, 0.2) is 48.5 Å². The lowest BCUT2D eigenvalue weighted by Crippen LogP contribution is -2.30. The van der Waals surface area contributed by atoms with Gasteiger partial charge in [-0.2, -0.15) is 13.2 Å². The van der Waals surface area contributed by atoms with Gasteiger partial charge in [-0.25, -0.2) is 0 Å². The van der Waals surface area contributed by atoms with Crippen LogP contribution in [0.5, 0.6) is 0 Å². The third-order valence-corrected chi connectivity index (χ3v) is 6.50. The first-order valence-electron chi connectivity index (χ1n) is 10.7. The summed E-state index contributed by atoms with van der Waals surface area (Å²) in [4.78, 5) is 2.17. The molecular formula is C24H30F3N3. The third-order valence-electron chi connectivity index (χ3n) is 6.50. The van der Waals surface area contributed by atoms with Gasteiger partial charge in [0.15, 0.2) is 0 Å². The molecule has 2 N–H and O–H groups in total. The van der Waals surface area contributed by atoms with Crippen molar-refractivity contribution in [3.8, 4) is 0 Å². The van der Waals surface area contributed by atoms with Crippen molar-refractivity contribution in [1.29, 1.82) is 0 Å². The van der Waals surface area contributed by atoms with Crippen LogP contribution in [0.25, 0.3) is 0 Å². The van der Waals surface area contributed by atoms with Gasteiger partial charge in [0.05, 0.1) is 11.6 Å². The minimum Gasteiger partial charge on any atom is -0.378 e. The van der Waals surface area contributed by atoms with Crippen molar-refractivity contribution in [2.75, 3.05) is 32.5 Å². The van der Waals surface area contributed by atoms with E-state index < -0.39 is 11.7 Å². The average Bonchev–Trinajstić information content (AvgIpc) is 3.14. The highest BCUT2D eigenvalue weighted by atomic mass is 19.4. The van der Waals surface area contributed by atoms with Crippen molar-refractivity contribution in [3.05, 3.63) is 65.2 Å². The maximum Gasteiger partial charge on any atom is 0.416 e. The van der Waals surface area contributed by atoms with E-state index in [2.05, 4.69) is 41.8 Å². The van der Waals surface area contributed by atoms with Crippen LogP contribution >= 0.6 is 0 Å². The van der Waals surface area contributed by atoms with E-state index >= 15 is 0 Å². The molecule has 2 aromatic carbocycles. The Morgan fingerprint density at radius 3 is 2.53 bits per heavy atom. The Hall–Kier alpha value is -2.05. The maximum atomic E-state index is 13.4. The highest BCUT2D eigenvalue weighted by Gasteiger charge is 2.45. The summed E-state index contributed by atoms with van der Waals surface area (Å²) in [6, 6.07) is 14.9. The summed E-state index contributed by atoms with van der Waals surface area (Å²) in [5.41, 5.74) is 2.31. The molecule has 1 aliphatic carbocycles. The van der Waals surface area contributed by atoms with Crippen molar-refractivity contribution in [1.82, 2.24) is 10.2 Å². The molecule has 1 heterocycles. The number of benzene rings is 2. The van der Waals surface area contributed by atoms with Gasteiger partial charge in [-0.15, -0.1) is 0 Å². The molecule has 0 amide bonds. The lowest BCUT2D eigenvalue weighted by molar-refractivity contribution is -0.137. The molecule has 0 saturated heterocycles. The zero-order chi connectivity index (χ0) is 21.3. The number of fused-ring (bicyclic) bond motifs is 3. The molecule has 4 atom stereocenters. The smallest absolute Gasteiger partial charge is 0.378 e. The van der Waals surface area contributed by atoms with E-state index in [-0.39, 0.29) is 17.9 Å². The van der Waals surface area contributed by atoms with Crippen molar-refractivity contribution >= 4 is 5.69 Å². The van der Waals surface area contributed by atoms with Gasteiger partial charge >= 0.3 is 6.18 Å². The number of nitrogens with one attached hydrogen (secondary N) is 2. The van der Waals surface area contributed by atoms with Gasteiger partial charge in [-0.05, 0) is 87.6 Å². The number of halogens is 3. The minimum absolute atomic E-state index is 0.119. The summed E-state index contributed by atoms with van der Waals surface area (Å²) in [6.07, 6.45) is -1.40. The summed E-state index contributed by atoms with van der Waals surface area (Å²) in [5, 5.41) is 7.23. The average molecular weight is 418 g/mol. The summed E-state index contributed by atoms with van der Waals surface area (Å²) >= 11 is 0. The molecule has 0 aromatic heterocycles. The Balaban J connectivity index is 1.59. The number of rotatable bonds is 6. The van der Waals surface area contributed by atoms with Gasteiger partial charge < -0.3 is 15.5 Å². The maximum absolute atomic E-state index is 13.4. The molecule has 1 fully saturated rings. The molecule has 0 unspecified atom stereocenters. The molecule has 162 valence electrons. The molecule has 6 heteroatoms. The molecule has 0 spiro atoms. The molecule has 3 nitrogen and oxygen atoms in total. The Morgan fingerprint density at radius 2 is 1.83 bits per heavy atom. The highest BCUT2D eigenvalue weighted by Crippen LogP contribution is 2.53. The molecule has 2 aliphatic rings. The Bertz CT molecular complexity index is 851. The molecule has 1 saturated carbocycles. The van der Waals surface area contributed by atoms with Gasteiger partial charge in [0.2, 0.25) is 0 Å². The second kappa shape index (κ2) is 8.60. The first-order valence-corrected chi connectivity index (χ1v) is 10.7. The fourth-order valence-corrected chi connectivity index (χ4v) is 5.11. The zero-order valence-corrected chi connectivity index (χ0v) is 17.5. The van der Waals surface area contributed by atoms with Crippen LogP contribution in [0, 0.1) is 5.92 Å². The fourth-order valence-electron chi connectivity index (χ4n) is 5.11. The van der Waals surface area contributed by atoms with Crippen LogP contribution in [-0.4, -0.2) is 38.1 Å². The van der Waals surface area contributed by atoms with Crippen LogP contribution in [0.1, 0.15) is 47.9 Å². The van der Waals surface area contributed by atoms with E-state index in [1.54, 1.807) is 6.07 Å². The van der Waals surface area contributed by atoms with Gasteiger partial charge in [-0.3, -0.25) is 0 Å². The van der Waals surface area contributed by atoms with Crippen LogP contribution in [0.4, 0.5) is 18.9 Å². The summed E-state index contributed by atoms with van der Waals surface area (Å²) in [6.45, 7) is 1.96. The predicted molar refractivity (Wildman–Crippen MR) is 115 cm³/mol. The lowest BCUT2D eigenvalue weighted by Gasteiger charge is -2.38. The molecule has 30 heavy (non-hydrogen) atoms. The van der Waals surface area contributed by atoms with Crippen LogP contribution in [-0.2, 0) is 6.18 Å². The predicted octanol–water partition coefficient (Wildman–Crippen LogP) is 5.28. The van der Waals surface area contributed by atoms with Gasteiger partial charge in [-0.1, -0.05) is 30.3 Å². The number of hydrogen-bond acceptors (Lipinski definition) is 3. The molecule has 0 bridgehead atoms. The van der Waals surface area contributed by atoms with E-state index in [9.17, 15) is 13.2 Å². The number of anilines is 1. The largest absolute Gasteiger partial charge is 0.416 e. The van der Waals surface area contributed by atoms with Gasteiger partial charge in [0, 0.05) is 11.7 Å². The van der Waals surface area contributed by atoms with E-state index in [1.807, 2.05) is 18.2 Å². The van der Waals surface area contributed by atoms with E-state index in [0.29, 0.717) is 6.04 Å². The van der Waals surface area contributed by atoms with Crippen LogP contribution in [0.3, 0.4) is 0 Å². The van der Waals surface area contributed by atoms with E-state index in [4.69, 9.17) is 0 Å². The van der Waals surface area contributed by atoms with E-state index in [0.717, 1.165) is 43.6 Å². The minimum atomic E-state index is -4.32. The van der Waals surface area contributed by atoms with Gasteiger partial charge in [0.25, 0.3) is 0 Å². The van der Waals surface area contributed by atoms with Crippen molar-refractivity contribution < 1.29 is 13.2 Å². The molecule has 1 aliphatic heterocycles. The monoisotopic (exact) mass is 417 g/mol. The molecular weight excluding hydrogens is 387 g/mol. The Kier molecular flexibility index (Phi) is 6.07. The van der Waals surface area contributed by atoms with E-state index in [1.165, 1.54) is 17.7 Å². The lowest BCUT2D eigenvalue weighted by atomic mass is 9.77. The topological polar surface area (TPSA) is 27.3 Å².